The molecule has 2 unspecified atom stereocenters. The van der Waals surface area contributed by atoms with Crippen LogP contribution in [0.3, 0.4) is 0 Å². The predicted octanol–water partition coefficient (Wildman–Crippen LogP) is 0.157. The first-order valence-corrected chi connectivity index (χ1v) is 2.51. The Morgan fingerprint density at radius 3 is 2.12 bits per heavy atom. The Morgan fingerprint density at radius 1 is 1.75 bits per heavy atom. The molecule has 0 aliphatic heterocycles. The maximum absolute atomic E-state index is 8.88. The van der Waals surface area contributed by atoms with E-state index in [2.05, 4.69) is 13.8 Å². The second kappa shape index (κ2) is 2.46. The molecule has 0 saturated heterocycles. The van der Waals surface area contributed by atoms with E-state index in [1.807, 2.05) is 0 Å². The van der Waals surface area contributed by atoms with E-state index < -0.39 is 11.7 Å². The molecule has 0 bridgehead atoms. The molecule has 0 amide bonds. The average molecular weight is 116 g/mol. The molecule has 2 heteroatoms. The fraction of sp³-hybridized carbons (Fsp3) is 0.667. The van der Waals surface area contributed by atoms with Crippen molar-refractivity contribution in [1.29, 1.82) is 0 Å². The highest BCUT2D eigenvalue weighted by Gasteiger charge is 2.14. The summed E-state index contributed by atoms with van der Waals surface area (Å²) in [4.78, 5) is 0. The summed E-state index contributed by atoms with van der Waals surface area (Å²) in [6.45, 7) is 8.17. The van der Waals surface area contributed by atoms with Crippen molar-refractivity contribution in [2.75, 3.05) is 0 Å². The van der Waals surface area contributed by atoms with Gasteiger partial charge in [0.25, 0.3) is 0 Å². The largest absolute Gasteiger partial charge is 0.393 e. The van der Waals surface area contributed by atoms with E-state index in [4.69, 9.17) is 10.2 Å². The molecule has 0 saturated carbocycles. The van der Waals surface area contributed by atoms with Gasteiger partial charge in [-0.05, 0) is 20.8 Å². The molecular weight excluding hydrogens is 104 g/mol. The number of hydrogen-bond donors (Lipinski definition) is 2. The normalized spacial score (nSPS) is 16.1. The molecule has 2 N–H and O–H groups in total. The van der Waals surface area contributed by atoms with Crippen LogP contribution in [-0.2, 0) is 0 Å². The molecule has 0 aromatic heterocycles. The van der Waals surface area contributed by atoms with Gasteiger partial charge in [0.15, 0.2) is 0 Å². The standard InChI is InChI=1S/C6H12O2/c1-5(7)4-6(2,3)8/h5,7-8H,1-2,4H2,3H3. The van der Waals surface area contributed by atoms with E-state index in [-0.39, 0.29) is 6.42 Å². The first-order chi connectivity index (χ1) is 3.42. The average Bonchev–Trinajstić information content (AvgIpc) is 1.21. The molecule has 0 spiro atoms. The molecular formula is C6H12O2. The monoisotopic (exact) mass is 116 g/mol. The lowest BCUT2D eigenvalue weighted by atomic mass is 10.0. The first-order valence-electron chi connectivity index (χ1n) is 2.51. The SMILES string of the molecule is [CH2]C(O)CC([CH2])(C)O. The quantitative estimate of drug-likeness (QED) is 0.539. The zero-order valence-corrected chi connectivity index (χ0v) is 5.09. The van der Waals surface area contributed by atoms with Gasteiger partial charge < -0.3 is 10.2 Å². The minimum atomic E-state index is -1.04. The van der Waals surface area contributed by atoms with Crippen molar-refractivity contribution in [2.45, 2.75) is 25.0 Å². The molecule has 0 fully saturated rings. The van der Waals surface area contributed by atoms with Crippen LogP contribution in [0.15, 0.2) is 0 Å². The van der Waals surface area contributed by atoms with Crippen molar-refractivity contribution < 1.29 is 10.2 Å². The lowest BCUT2D eigenvalue weighted by molar-refractivity contribution is 0.0542. The fourth-order valence-electron chi connectivity index (χ4n) is 0.508. The van der Waals surface area contributed by atoms with Gasteiger partial charge in [-0.3, -0.25) is 0 Å². The number of hydrogen-bond acceptors (Lipinski definition) is 2. The van der Waals surface area contributed by atoms with Gasteiger partial charge in [0.05, 0.1) is 11.7 Å². The van der Waals surface area contributed by atoms with E-state index >= 15 is 0 Å². The summed E-state index contributed by atoms with van der Waals surface area (Å²) < 4.78 is 0. The second-order valence-electron chi connectivity index (χ2n) is 2.35. The first kappa shape index (κ1) is 7.92. The van der Waals surface area contributed by atoms with Crippen molar-refractivity contribution in [3.05, 3.63) is 13.8 Å². The molecule has 0 heterocycles. The summed E-state index contributed by atoms with van der Waals surface area (Å²) in [6.07, 6.45) is -0.505. The Balaban J connectivity index is 3.39. The van der Waals surface area contributed by atoms with Crippen molar-refractivity contribution in [1.82, 2.24) is 0 Å². The Kier molecular flexibility index (Phi) is 2.44. The summed E-state index contributed by atoms with van der Waals surface area (Å²) in [5, 5.41) is 17.5. The molecule has 0 aromatic rings. The van der Waals surface area contributed by atoms with Gasteiger partial charge in [0, 0.05) is 6.42 Å². The highest BCUT2D eigenvalue weighted by Crippen LogP contribution is 2.08. The van der Waals surface area contributed by atoms with E-state index in [1.54, 1.807) is 0 Å². The van der Waals surface area contributed by atoms with Gasteiger partial charge in [0.2, 0.25) is 0 Å². The number of aliphatic hydroxyl groups is 2. The number of aliphatic hydroxyl groups excluding tert-OH is 1. The molecule has 2 radical (unpaired) electrons. The molecule has 0 aliphatic carbocycles. The van der Waals surface area contributed by atoms with Gasteiger partial charge >= 0.3 is 0 Å². The Morgan fingerprint density at radius 2 is 2.12 bits per heavy atom. The zero-order chi connectivity index (χ0) is 6.78. The van der Waals surface area contributed by atoms with Gasteiger partial charge in [-0.1, -0.05) is 0 Å². The third-order valence-corrected chi connectivity index (χ3v) is 0.675. The maximum atomic E-state index is 8.88. The zero-order valence-electron chi connectivity index (χ0n) is 5.09. The highest BCUT2D eigenvalue weighted by atomic mass is 16.3. The molecule has 0 rings (SSSR count). The van der Waals surface area contributed by atoms with E-state index in [9.17, 15) is 0 Å². The lowest BCUT2D eigenvalue weighted by Gasteiger charge is -2.17. The Labute approximate surface area is 50.2 Å². The van der Waals surface area contributed by atoms with Gasteiger partial charge in [-0.2, -0.15) is 0 Å². The topological polar surface area (TPSA) is 40.5 Å². The molecule has 2 nitrogen and oxygen atoms in total. The maximum Gasteiger partial charge on any atom is 0.0645 e. The van der Waals surface area contributed by atoms with Crippen LogP contribution < -0.4 is 0 Å². The van der Waals surface area contributed by atoms with Gasteiger partial charge in [-0.25, -0.2) is 0 Å². The van der Waals surface area contributed by atoms with Crippen LogP contribution in [0.1, 0.15) is 13.3 Å². The van der Waals surface area contributed by atoms with Crippen molar-refractivity contribution >= 4 is 0 Å². The summed E-state index contributed by atoms with van der Waals surface area (Å²) in [6, 6.07) is 0. The molecule has 2 atom stereocenters. The van der Waals surface area contributed by atoms with Crippen LogP contribution in [0.4, 0.5) is 0 Å². The second-order valence-corrected chi connectivity index (χ2v) is 2.35. The van der Waals surface area contributed by atoms with Crippen LogP contribution in [0.5, 0.6) is 0 Å². The van der Waals surface area contributed by atoms with Crippen LogP contribution in [-0.4, -0.2) is 21.9 Å². The Hall–Kier alpha value is -0.0800. The lowest BCUT2D eigenvalue weighted by Crippen LogP contribution is -2.24. The van der Waals surface area contributed by atoms with E-state index in [1.165, 1.54) is 6.92 Å². The summed E-state index contributed by atoms with van der Waals surface area (Å²) in [5.74, 6) is 0. The van der Waals surface area contributed by atoms with Crippen LogP contribution in [0.2, 0.25) is 0 Å². The Bertz CT molecular complexity index is 61.4. The van der Waals surface area contributed by atoms with Crippen molar-refractivity contribution in [2.24, 2.45) is 0 Å². The van der Waals surface area contributed by atoms with Crippen molar-refractivity contribution in [3.63, 3.8) is 0 Å². The smallest absolute Gasteiger partial charge is 0.0645 e. The fourth-order valence-corrected chi connectivity index (χ4v) is 0.508. The molecule has 48 valence electrons. The molecule has 0 aliphatic rings. The van der Waals surface area contributed by atoms with Crippen LogP contribution >= 0.6 is 0 Å². The van der Waals surface area contributed by atoms with Crippen LogP contribution in [0.25, 0.3) is 0 Å². The van der Waals surface area contributed by atoms with Crippen LogP contribution in [0, 0.1) is 13.8 Å². The molecule has 0 aromatic carbocycles. The van der Waals surface area contributed by atoms with Gasteiger partial charge in [-0.15, -0.1) is 0 Å². The minimum absolute atomic E-state index is 0.215. The van der Waals surface area contributed by atoms with Gasteiger partial charge in [0.1, 0.15) is 0 Å². The predicted molar refractivity (Wildman–Crippen MR) is 32.0 cm³/mol. The summed E-state index contributed by atoms with van der Waals surface area (Å²) >= 11 is 0. The highest BCUT2D eigenvalue weighted by molar-refractivity contribution is 4.79. The van der Waals surface area contributed by atoms with Crippen molar-refractivity contribution in [3.8, 4) is 0 Å². The molecule has 8 heavy (non-hydrogen) atoms. The number of rotatable bonds is 2. The third-order valence-electron chi connectivity index (χ3n) is 0.675. The van der Waals surface area contributed by atoms with E-state index in [0.717, 1.165) is 0 Å². The van der Waals surface area contributed by atoms with E-state index in [0.29, 0.717) is 0 Å². The third kappa shape index (κ3) is 5.92. The summed E-state index contributed by atoms with van der Waals surface area (Å²) in [5.41, 5.74) is -1.04. The minimum Gasteiger partial charge on any atom is -0.393 e. The summed E-state index contributed by atoms with van der Waals surface area (Å²) in [7, 11) is 0.